The number of aromatic nitrogens is 2. The molecule has 0 aliphatic rings. The van der Waals surface area contributed by atoms with Gasteiger partial charge < -0.3 is 10.6 Å². The Hall–Kier alpha value is -3.13. The molecular formula is C19H14ClF3N4O. The maximum absolute atomic E-state index is 13.1. The summed E-state index contributed by atoms with van der Waals surface area (Å²) in [6.45, 7) is -0.0287. The molecule has 2 amide bonds. The van der Waals surface area contributed by atoms with Crippen LogP contribution in [0.2, 0.25) is 5.02 Å². The van der Waals surface area contributed by atoms with Gasteiger partial charge in [0.05, 0.1) is 17.6 Å². The molecule has 0 aliphatic heterocycles. The molecule has 0 spiro atoms. The normalized spacial score (nSPS) is 11.1. The molecule has 0 saturated heterocycles. The van der Waals surface area contributed by atoms with Crippen molar-refractivity contribution in [3.05, 3.63) is 77.2 Å². The minimum absolute atomic E-state index is 0.0287. The van der Waals surface area contributed by atoms with Crippen LogP contribution in [-0.2, 0) is 12.7 Å². The zero-order valence-electron chi connectivity index (χ0n) is 14.3. The summed E-state index contributed by atoms with van der Waals surface area (Å²) in [5.41, 5.74) is 0.394. The molecule has 0 fully saturated rings. The van der Waals surface area contributed by atoms with Gasteiger partial charge in [0.15, 0.2) is 0 Å². The lowest BCUT2D eigenvalue weighted by Crippen LogP contribution is -2.28. The van der Waals surface area contributed by atoms with Crippen LogP contribution in [-0.4, -0.2) is 16.0 Å². The quantitative estimate of drug-likeness (QED) is 0.630. The van der Waals surface area contributed by atoms with E-state index < -0.39 is 17.9 Å². The van der Waals surface area contributed by atoms with E-state index in [0.29, 0.717) is 21.8 Å². The van der Waals surface area contributed by atoms with Crippen molar-refractivity contribution in [1.82, 2.24) is 15.3 Å². The summed E-state index contributed by atoms with van der Waals surface area (Å²) >= 11 is 5.96. The van der Waals surface area contributed by atoms with Crippen LogP contribution in [0.1, 0.15) is 11.3 Å². The Balaban J connectivity index is 1.84. The molecule has 0 unspecified atom stereocenters. The fourth-order valence-electron chi connectivity index (χ4n) is 2.46. The van der Waals surface area contributed by atoms with Gasteiger partial charge in [-0.1, -0.05) is 29.8 Å². The van der Waals surface area contributed by atoms with Crippen molar-refractivity contribution in [3.8, 4) is 11.3 Å². The fraction of sp³-hybridized carbons (Fsp3) is 0.105. The standard InChI is InChI=1S/C19H14ClF3N4O/c20-14-4-1-3-12(9-14)17-13(6-7-16(27-17)19(21,22)23)10-25-18(28)26-15-5-2-8-24-11-15/h1-9,11H,10H2,(H2,25,26,28). The number of rotatable bonds is 4. The zero-order chi connectivity index (χ0) is 20.1. The van der Waals surface area contributed by atoms with E-state index in [1.165, 1.54) is 18.3 Å². The molecule has 0 atom stereocenters. The smallest absolute Gasteiger partial charge is 0.334 e. The number of carbonyl (C=O) groups is 1. The summed E-state index contributed by atoms with van der Waals surface area (Å²) in [6, 6.07) is 11.3. The Morgan fingerprint density at radius 1 is 1.11 bits per heavy atom. The van der Waals surface area contributed by atoms with Crippen LogP contribution in [0, 0.1) is 0 Å². The lowest BCUT2D eigenvalue weighted by atomic mass is 10.0. The number of amides is 2. The van der Waals surface area contributed by atoms with E-state index in [9.17, 15) is 18.0 Å². The van der Waals surface area contributed by atoms with Gasteiger partial charge in [0.2, 0.25) is 0 Å². The van der Waals surface area contributed by atoms with Crippen LogP contribution in [0.4, 0.5) is 23.7 Å². The second-order valence-corrected chi connectivity index (χ2v) is 6.20. The number of anilines is 1. The summed E-state index contributed by atoms with van der Waals surface area (Å²) < 4.78 is 39.2. The van der Waals surface area contributed by atoms with Gasteiger partial charge in [-0.05, 0) is 35.9 Å². The van der Waals surface area contributed by atoms with E-state index in [4.69, 9.17) is 11.6 Å². The second kappa shape index (κ2) is 8.26. The first kappa shape index (κ1) is 19.6. The first-order valence-corrected chi connectivity index (χ1v) is 8.48. The number of hydrogen-bond acceptors (Lipinski definition) is 3. The number of urea groups is 1. The Kier molecular flexibility index (Phi) is 5.79. The highest BCUT2D eigenvalue weighted by molar-refractivity contribution is 6.30. The predicted molar refractivity (Wildman–Crippen MR) is 99.8 cm³/mol. The number of alkyl halides is 3. The summed E-state index contributed by atoms with van der Waals surface area (Å²) in [4.78, 5) is 19.7. The van der Waals surface area contributed by atoms with E-state index in [1.54, 1.807) is 36.5 Å². The predicted octanol–water partition coefficient (Wildman–Crippen LogP) is 5.14. The summed E-state index contributed by atoms with van der Waals surface area (Å²) in [5, 5.41) is 5.55. The summed E-state index contributed by atoms with van der Waals surface area (Å²) in [5.74, 6) is 0. The zero-order valence-corrected chi connectivity index (χ0v) is 15.1. The lowest BCUT2D eigenvalue weighted by Gasteiger charge is -2.14. The number of nitrogens with one attached hydrogen (secondary N) is 2. The first-order chi connectivity index (χ1) is 13.3. The number of nitrogens with zero attached hydrogens (tertiary/aromatic N) is 2. The van der Waals surface area contributed by atoms with E-state index in [1.807, 2.05) is 0 Å². The van der Waals surface area contributed by atoms with Gasteiger partial charge >= 0.3 is 12.2 Å². The van der Waals surface area contributed by atoms with Crippen LogP contribution in [0.3, 0.4) is 0 Å². The third kappa shape index (κ3) is 4.98. The van der Waals surface area contributed by atoms with Crippen LogP contribution in [0.15, 0.2) is 60.9 Å². The van der Waals surface area contributed by atoms with Gasteiger partial charge in [0, 0.05) is 23.3 Å². The molecule has 2 N–H and O–H groups in total. The van der Waals surface area contributed by atoms with Gasteiger partial charge in [-0.3, -0.25) is 4.98 Å². The Bertz CT molecular complexity index is 980. The van der Waals surface area contributed by atoms with Crippen LogP contribution < -0.4 is 10.6 Å². The number of halogens is 4. The number of carbonyl (C=O) groups excluding carboxylic acids is 1. The molecule has 144 valence electrons. The summed E-state index contributed by atoms with van der Waals surface area (Å²) in [6.07, 6.45) is -1.55. The van der Waals surface area contributed by atoms with E-state index >= 15 is 0 Å². The summed E-state index contributed by atoms with van der Waals surface area (Å²) in [7, 11) is 0. The van der Waals surface area contributed by atoms with Crippen molar-refractivity contribution < 1.29 is 18.0 Å². The number of pyridine rings is 2. The Morgan fingerprint density at radius 2 is 1.93 bits per heavy atom. The van der Waals surface area contributed by atoms with Gasteiger partial charge in [0.25, 0.3) is 0 Å². The minimum atomic E-state index is -4.59. The monoisotopic (exact) mass is 406 g/mol. The van der Waals surface area contributed by atoms with Crippen molar-refractivity contribution in [1.29, 1.82) is 0 Å². The molecule has 1 aromatic carbocycles. The molecule has 28 heavy (non-hydrogen) atoms. The van der Waals surface area contributed by atoms with Gasteiger partial charge in [-0.15, -0.1) is 0 Å². The van der Waals surface area contributed by atoms with Crippen molar-refractivity contribution >= 4 is 23.3 Å². The average Bonchev–Trinajstić information content (AvgIpc) is 2.66. The second-order valence-electron chi connectivity index (χ2n) is 5.76. The van der Waals surface area contributed by atoms with Gasteiger partial charge in [-0.2, -0.15) is 13.2 Å². The van der Waals surface area contributed by atoms with Gasteiger partial charge in [0.1, 0.15) is 5.69 Å². The third-order valence-corrected chi connectivity index (χ3v) is 3.96. The highest BCUT2D eigenvalue weighted by atomic mass is 35.5. The van der Waals surface area contributed by atoms with E-state index in [0.717, 1.165) is 6.07 Å². The van der Waals surface area contributed by atoms with E-state index in [2.05, 4.69) is 20.6 Å². The minimum Gasteiger partial charge on any atom is -0.334 e. The molecule has 0 bridgehead atoms. The van der Waals surface area contributed by atoms with E-state index in [-0.39, 0.29) is 12.2 Å². The number of hydrogen-bond donors (Lipinski definition) is 2. The molecule has 2 heterocycles. The van der Waals surface area contributed by atoms with Gasteiger partial charge in [-0.25, -0.2) is 9.78 Å². The van der Waals surface area contributed by atoms with Crippen molar-refractivity contribution in [2.75, 3.05) is 5.32 Å². The lowest BCUT2D eigenvalue weighted by molar-refractivity contribution is -0.141. The molecule has 0 radical (unpaired) electrons. The Morgan fingerprint density at radius 3 is 2.61 bits per heavy atom. The van der Waals surface area contributed by atoms with Crippen LogP contribution >= 0.6 is 11.6 Å². The maximum Gasteiger partial charge on any atom is 0.433 e. The fourth-order valence-corrected chi connectivity index (χ4v) is 2.65. The van der Waals surface area contributed by atoms with Crippen LogP contribution in [0.25, 0.3) is 11.3 Å². The highest BCUT2D eigenvalue weighted by Gasteiger charge is 2.33. The van der Waals surface area contributed by atoms with Crippen molar-refractivity contribution in [3.63, 3.8) is 0 Å². The third-order valence-electron chi connectivity index (χ3n) is 3.73. The largest absolute Gasteiger partial charge is 0.433 e. The molecule has 9 heteroatoms. The molecular weight excluding hydrogens is 393 g/mol. The topological polar surface area (TPSA) is 66.9 Å². The Labute approximate surface area is 163 Å². The average molecular weight is 407 g/mol. The van der Waals surface area contributed by atoms with Crippen molar-refractivity contribution in [2.24, 2.45) is 0 Å². The van der Waals surface area contributed by atoms with Crippen LogP contribution in [0.5, 0.6) is 0 Å². The SMILES string of the molecule is O=C(NCc1ccc(C(F)(F)F)nc1-c1cccc(Cl)c1)Nc1cccnc1. The molecule has 0 saturated carbocycles. The first-order valence-electron chi connectivity index (χ1n) is 8.11. The molecule has 3 rings (SSSR count). The highest BCUT2D eigenvalue weighted by Crippen LogP contribution is 2.32. The maximum atomic E-state index is 13.1. The number of benzene rings is 1. The molecule has 3 aromatic rings. The molecule has 2 aromatic heterocycles. The molecule has 5 nitrogen and oxygen atoms in total. The van der Waals surface area contributed by atoms with Crippen molar-refractivity contribution in [2.45, 2.75) is 12.7 Å². The molecule has 0 aliphatic carbocycles.